The number of ether oxygens (including phenoxy) is 1. The Bertz CT molecular complexity index is 1110. The molecular formula is C23H30N4O5S. The molecule has 33 heavy (non-hydrogen) atoms. The van der Waals surface area contributed by atoms with Gasteiger partial charge in [-0.1, -0.05) is 25.1 Å². The average Bonchev–Trinajstić information content (AvgIpc) is 3.40. The van der Waals surface area contributed by atoms with E-state index in [1.165, 1.54) is 0 Å². The molecule has 2 unspecified atom stereocenters. The fraction of sp³-hybridized carbons (Fsp3) is 0.522. The van der Waals surface area contributed by atoms with Crippen LogP contribution in [0.4, 0.5) is 10.6 Å². The molecule has 0 radical (unpaired) electrons. The number of hydrogen-bond donors (Lipinski definition) is 3. The molecule has 1 aromatic carbocycles. The Morgan fingerprint density at radius 3 is 2.73 bits per heavy atom. The monoisotopic (exact) mass is 474 g/mol. The number of rotatable bonds is 9. The second-order valence-corrected chi connectivity index (χ2v) is 10.9. The molecule has 3 N–H and O–H groups in total. The molecule has 0 saturated heterocycles. The molecule has 0 aliphatic heterocycles. The second-order valence-electron chi connectivity index (χ2n) is 8.75. The van der Waals surface area contributed by atoms with Crippen LogP contribution in [0.5, 0.6) is 0 Å². The van der Waals surface area contributed by atoms with Crippen molar-refractivity contribution >= 4 is 27.7 Å². The summed E-state index contributed by atoms with van der Waals surface area (Å²) in [5, 5.41) is 12.3. The summed E-state index contributed by atoms with van der Waals surface area (Å²) >= 11 is 0. The highest BCUT2D eigenvalue weighted by molar-refractivity contribution is 7.92. The number of alkyl carbamates (subject to hydrolysis) is 1. The van der Waals surface area contributed by atoms with Gasteiger partial charge in [0, 0.05) is 24.2 Å². The number of nitrogens with one attached hydrogen (secondary N) is 3. The lowest BCUT2D eigenvalue weighted by molar-refractivity contribution is -0.115. The van der Waals surface area contributed by atoms with Crippen LogP contribution in [0.1, 0.15) is 62.6 Å². The first-order valence-corrected chi connectivity index (χ1v) is 13.0. The molecule has 2 saturated carbocycles. The van der Waals surface area contributed by atoms with Crippen LogP contribution in [-0.2, 0) is 25.8 Å². The Hall–Kier alpha value is -2.88. The van der Waals surface area contributed by atoms with Gasteiger partial charge in [0.05, 0.1) is 16.6 Å². The Morgan fingerprint density at radius 2 is 1.97 bits per heavy atom. The molecule has 178 valence electrons. The van der Waals surface area contributed by atoms with E-state index in [1.807, 2.05) is 6.92 Å². The van der Waals surface area contributed by atoms with Gasteiger partial charge < -0.3 is 15.4 Å². The molecule has 0 spiro atoms. The smallest absolute Gasteiger partial charge is 0.407 e. The van der Waals surface area contributed by atoms with Crippen LogP contribution in [0, 0.1) is 0 Å². The molecule has 10 heteroatoms. The lowest BCUT2D eigenvalue weighted by Gasteiger charge is -2.12. The van der Waals surface area contributed by atoms with E-state index in [0.29, 0.717) is 37.2 Å². The summed E-state index contributed by atoms with van der Waals surface area (Å²) in [7, 11) is -3.38. The van der Waals surface area contributed by atoms with Gasteiger partial charge in [0.1, 0.15) is 6.10 Å². The van der Waals surface area contributed by atoms with Gasteiger partial charge in [0.2, 0.25) is 5.91 Å². The van der Waals surface area contributed by atoms with Crippen LogP contribution in [-0.4, -0.2) is 48.5 Å². The summed E-state index contributed by atoms with van der Waals surface area (Å²) in [6.45, 7) is 2.57. The SMILES string of the molecule is CCCNC(=O)OC1CCC(c2cc(NC(=O)Cc3ccccc3S(=O)(=O)C3CC3)n[nH]2)C1. The number of sulfone groups is 1. The lowest BCUT2D eigenvalue weighted by Crippen LogP contribution is -2.28. The average molecular weight is 475 g/mol. The molecule has 2 amide bonds. The van der Waals surface area contributed by atoms with Gasteiger partial charge in [-0.15, -0.1) is 0 Å². The number of aromatic amines is 1. The fourth-order valence-electron chi connectivity index (χ4n) is 4.20. The van der Waals surface area contributed by atoms with E-state index in [0.717, 1.165) is 25.0 Å². The predicted molar refractivity (Wildman–Crippen MR) is 123 cm³/mol. The van der Waals surface area contributed by atoms with Gasteiger partial charge in [-0.25, -0.2) is 13.2 Å². The molecule has 0 bridgehead atoms. The molecule has 1 heterocycles. The first-order chi connectivity index (χ1) is 15.9. The maximum Gasteiger partial charge on any atom is 0.407 e. The largest absolute Gasteiger partial charge is 0.446 e. The van der Waals surface area contributed by atoms with Crippen molar-refractivity contribution in [3.8, 4) is 0 Å². The Balaban J connectivity index is 1.33. The van der Waals surface area contributed by atoms with Crippen LogP contribution < -0.4 is 10.6 Å². The molecule has 2 aromatic rings. The second kappa shape index (κ2) is 9.94. The van der Waals surface area contributed by atoms with Crippen molar-refractivity contribution in [1.82, 2.24) is 15.5 Å². The van der Waals surface area contributed by atoms with Crippen LogP contribution in [0.15, 0.2) is 35.2 Å². The third-order valence-electron chi connectivity index (χ3n) is 6.08. The zero-order valence-corrected chi connectivity index (χ0v) is 19.5. The number of anilines is 1. The Kier molecular flexibility index (Phi) is 7.02. The molecule has 2 aliphatic rings. The normalized spacial score (nSPS) is 20.4. The molecule has 9 nitrogen and oxygen atoms in total. The number of carbonyl (C=O) groups excluding carboxylic acids is 2. The summed E-state index contributed by atoms with van der Waals surface area (Å²) in [5.74, 6) is 0.228. The van der Waals surface area contributed by atoms with Gasteiger partial charge in [0.25, 0.3) is 0 Å². The van der Waals surface area contributed by atoms with Crippen molar-refractivity contribution in [2.75, 3.05) is 11.9 Å². The van der Waals surface area contributed by atoms with Gasteiger partial charge in [-0.05, 0) is 50.2 Å². The maximum atomic E-state index is 12.7. The van der Waals surface area contributed by atoms with Crippen molar-refractivity contribution in [1.29, 1.82) is 0 Å². The zero-order valence-electron chi connectivity index (χ0n) is 18.7. The fourth-order valence-corrected chi connectivity index (χ4v) is 6.09. The molecule has 4 rings (SSSR count). The summed E-state index contributed by atoms with van der Waals surface area (Å²) < 4.78 is 30.8. The Labute approximate surface area is 193 Å². The van der Waals surface area contributed by atoms with Crippen molar-refractivity contribution in [2.45, 2.75) is 74.0 Å². The number of carbonyl (C=O) groups is 2. The highest BCUT2D eigenvalue weighted by atomic mass is 32.2. The van der Waals surface area contributed by atoms with E-state index in [4.69, 9.17) is 4.74 Å². The number of H-pyrrole nitrogens is 1. The van der Waals surface area contributed by atoms with Crippen molar-refractivity contribution in [3.05, 3.63) is 41.6 Å². The van der Waals surface area contributed by atoms with Crippen LogP contribution >= 0.6 is 0 Å². The number of benzene rings is 1. The highest BCUT2D eigenvalue weighted by Gasteiger charge is 2.38. The summed E-state index contributed by atoms with van der Waals surface area (Å²) in [6, 6.07) is 8.46. The minimum atomic E-state index is -3.38. The number of nitrogens with zero attached hydrogens (tertiary/aromatic N) is 1. The molecular weight excluding hydrogens is 444 g/mol. The molecule has 2 fully saturated rings. The number of hydrogen-bond acceptors (Lipinski definition) is 6. The van der Waals surface area contributed by atoms with Gasteiger partial charge in [0.15, 0.2) is 15.7 Å². The standard InChI is InChI=1S/C23H30N4O5S/c1-2-11-24-23(29)32-17-8-7-15(12-17)19-14-21(27-26-19)25-22(28)13-16-5-3-4-6-20(16)33(30,31)18-9-10-18/h3-6,14-15,17-18H,2,7-13H2,1H3,(H,24,29)(H2,25,26,27,28). The maximum absolute atomic E-state index is 12.7. The predicted octanol–water partition coefficient (Wildman–Crippen LogP) is 3.30. The number of amides is 2. The van der Waals surface area contributed by atoms with E-state index in [1.54, 1.807) is 30.3 Å². The van der Waals surface area contributed by atoms with Crippen LogP contribution in [0.3, 0.4) is 0 Å². The first kappa shape index (κ1) is 23.3. The zero-order chi connectivity index (χ0) is 23.4. The van der Waals surface area contributed by atoms with Crippen LogP contribution in [0.25, 0.3) is 0 Å². The van der Waals surface area contributed by atoms with E-state index in [9.17, 15) is 18.0 Å². The van der Waals surface area contributed by atoms with Crippen LogP contribution in [0.2, 0.25) is 0 Å². The summed E-state index contributed by atoms with van der Waals surface area (Å²) in [6.07, 6.45) is 3.96. The van der Waals surface area contributed by atoms with Crippen molar-refractivity contribution in [2.24, 2.45) is 0 Å². The third-order valence-corrected chi connectivity index (χ3v) is 8.44. The Morgan fingerprint density at radius 1 is 1.18 bits per heavy atom. The molecule has 2 aliphatic carbocycles. The third kappa shape index (κ3) is 5.73. The lowest BCUT2D eigenvalue weighted by atomic mass is 10.0. The van der Waals surface area contributed by atoms with E-state index in [2.05, 4.69) is 20.8 Å². The van der Waals surface area contributed by atoms with Crippen molar-refractivity contribution < 1.29 is 22.7 Å². The van der Waals surface area contributed by atoms with E-state index >= 15 is 0 Å². The van der Waals surface area contributed by atoms with Gasteiger partial charge in [-0.2, -0.15) is 5.10 Å². The summed E-state index contributed by atoms with van der Waals surface area (Å²) in [5.41, 5.74) is 1.37. The number of aromatic nitrogens is 2. The molecule has 2 atom stereocenters. The first-order valence-electron chi connectivity index (χ1n) is 11.5. The van der Waals surface area contributed by atoms with Gasteiger partial charge >= 0.3 is 6.09 Å². The van der Waals surface area contributed by atoms with Crippen molar-refractivity contribution in [3.63, 3.8) is 0 Å². The quantitative estimate of drug-likeness (QED) is 0.511. The summed E-state index contributed by atoms with van der Waals surface area (Å²) in [4.78, 5) is 24.6. The highest BCUT2D eigenvalue weighted by Crippen LogP contribution is 2.36. The van der Waals surface area contributed by atoms with E-state index in [-0.39, 0.29) is 40.6 Å². The minimum absolute atomic E-state index is 0.0451. The van der Waals surface area contributed by atoms with E-state index < -0.39 is 9.84 Å². The van der Waals surface area contributed by atoms with Gasteiger partial charge in [-0.3, -0.25) is 9.89 Å². The molecule has 1 aromatic heterocycles. The topological polar surface area (TPSA) is 130 Å². The minimum Gasteiger partial charge on any atom is -0.446 e.